The molecule has 0 aliphatic carbocycles. The Morgan fingerprint density at radius 1 is 0.774 bits per heavy atom. The molecule has 0 saturated heterocycles. The SMILES string of the molecule is CC(C)(C)c1c(Cl)ccc(-n2cccc2)c1CO[SiH](c1ccccc1)c1ccccc1. The van der Waals surface area contributed by atoms with Crippen molar-refractivity contribution in [2.45, 2.75) is 32.8 Å². The van der Waals surface area contributed by atoms with Crippen LogP contribution >= 0.6 is 11.6 Å². The van der Waals surface area contributed by atoms with Crippen molar-refractivity contribution in [1.29, 1.82) is 0 Å². The van der Waals surface area contributed by atoms with E-state index >= 15 is 0 Å². The van der Waals surface area contributed by atoms with Crippen LogP contribution in [0.3, 0.4) is 0 Å². The molecule has 0 spiro atoms. The van der Waals surface area contributed by atoms with E-state index in [1.165, 1.54) is 10.4 Å². The van der Waals surface area contributed by atoms with Crippen molar-refractivity contribution < 1.29 is 4.43 Å². The molecule has 0 unspecified atom stereocenters. The second-order valence-electron chi connectivity index (χ2n) is 8.77. The highest BCUT2D eigenvalue weighted by Gasteiger charge is 2.26. The zero-order valence-electron chi connectivity index (χ0n) is 18.3. The highest BCUT2D eigenvalue weighted by molar-refractivity contribution is 6.80. The number of hydrogen-bond acceptors (Lipinski definition) is 1. The molecular formula is C27H28ClNOSi. The zero-order valence-corrected chi connectivity index (χ0v) is 20.2. The van der Waals surface area contributed by atoms with Crippen LogP contribution in [0.2, 0.25) is 5.02 Å². The van der Waals surface area contributed by atoms with Gasteiger partial charge in [-0.25, -0.2) is 0 Å². The summed E-state index contributed by atoms with van der Waals surface area (Å²) in [5, 5.41) is 3.34. The fourth-order valence-corrected chi connectivity index (χ4v) is 6.82. The van der Waals surface area contributed by atoms with E-state index in [1.807, 2.05) is 18.2 Å². The first-order valence-electron chi connectivity index (χ1n) is 10.6. The van der Waals surface area contributed by atoms with Gasteiger partial charge < -0.3 is 8.99 Å². The smallest absolute Gasteiger partial charge is 0.240 e. The third-order valence-corrected chi connectivity index (χ3v) is 8.26. The van der Waals surface area contributed by atoms with Gasteiger partial charge in [-0.15, -0.1) is 0 Å². The zero-order chi connectivity index (χ0) is 21.8. The summed E-state index contributed by atoms with van der Waals surface area (Å²) in [5.41, 5.74) is 3.32. The Morgan fingerprint density at radius 2 is 1.32 bits per heavy atom. The second-order valence-corrected chi connectivity index (χ2v) is 11.6. The Labute approximate surface area is 191 Å². The maximum absolute atomic E-state index is 6.80. The Hall–Kier alpha value is -2.59. The van der Waals surface area contributed by atoms with Crippen molar-refractivity contribution in [1.82, 2.24) is 4.57 Å². The van der Waals surface area contributed by atoms with Crippen molar-refractivity contribution in [2.24, 2.45) is 0 Å². The molecule has 0 atom stereocenters. The lowest BCUT2D eigenvalue weighted by Gasteiger charge is -2.28. The molecule has 0 saturated carbocycles. The molecule has 1 heterocycles. The van der Waals surface area contributed by atoms with Crippen LogP contribution in [0.15, 0.2) is 97.3 Å². The first-order chi connectivity index (χ1) is 14.9. The summed E-state index contributed by atoms with van der Waals surface area (Å²) < 4.78 is 8.94. The van der Waals surface area contributed by atoms with Gasteiger partial charge in [0.1, 0.15) is 0 Å². The number of benzene rings is 3. The number of nitrogens with zero attached hydrogens (tertiary/aromatic N) is 1. The maximum Gasteiger partial charge on any atom is 0.240 e. The minimum absolute atomic E-state index is 0.102. The molecule has 1 aromatic heterocycles. The lowest BCUT2D eigenvalue weighted by atomic mass is 9.83. The van der Waals surface area contributed by atoms with E-state index in [9.17, 15) is 0 Å². The van der Waals surface area contributed by atoms with Crippen molar-refractivity contribution >= 4 is 31.0 Å². The first kappa shape index (κ1) is 21.6. The van der Waals surface area contributed by atoms with E-state index in [1.54, 1.807) is 0 Å². The van der Waals surface area contributed by atoms with Gasteiger partial charge in [-0.3, -0.25) is 0 Å². The summed E-state index contributed by atoms with van der Waals surface area (Å²) in [6.07, 6.45) is 4.14. The molecule has 0 aliphatic heterocycles. The van der Waals surface area contributed by atoms with Crippen molar-refractivity contribution in [2.75, 3.05) is 0 Å². The minimum atomic E-state index is -1.86. The van der Waals surface area contributed by atoms with Crippen molar-refractivity contribution in [3.05, 3.63) is 113 Å². The highest BCUT2D eigenvalue weighted by Crippen LogP contribution is 2.36. The topological polar surface area (TPSA) is 14.2 Å². The van der Waals surface area contributed by atoms with Gasteiger partial charge in [0.15, 0.2) is 0 Å². The van der Waals surface area contributed by atoms with Crippen LogP contribution in [0.4, 0.5) is 0 Å². The summed E-state index contributed by atoms with van der Waals surface area (Å²) in [7, 11) is -1.86. The fraction of sp³-hybridized carbons (Fsp3) is 0.185. The molecule has 4 aromatic rings. The molecule has 0 bridgehead atoms. The predicted octanol–water partition coefficient (Wildman–Crippen LogP) is 5.48. The van der Waals surface area contributed by atoms with Crippen LogP contribution in [0.5, 0.6) is 0 Å². The third-order valence-electron chi connectivity index (χ3n) is 5.47. The monoisotopic (exact) mass is 445 g/mol. The largest absolute Gasteiger partial charge is 0.407 e. The summed E-state index contributed by atoms with van der Waals surface area (Å²) in [6, 6.07) is 29.4. The van der Waals surface area contributed by atoms with Crippen LogP contribution in [0.25, 0.3) is 5.69 Å². The molecule has 4 heteroatoms. The summed E-state index contributed by atoms with van der Waals surface area (Å²) in [5.74, 6) is 0. The van der Waals surface area contributed by atoms with Gasteiger partial charge in [-0.1, -0.05) is 93.0 Å². The predicted molar refractivity (Wildman–Crippen MR) is 134 cm³/mol. The quantitative estimate of drug-likeness (QED) is 0.358. The van der Waals surface area contributed by atoms with Crippen LogP contribution < -0.4 is 10.4 Å². The first-order valence-corrected chi connectivity index (χ1v) is 12.6. The highest BCUT2D eigenvalue weighted by atomic mass is 35.5. The molecular weight excluding hydrogens is 418 g/mol. The van der Waals surface area contributed by atoms with Crippen LogP contribution in [-0.2, 0) is 16.4 Å². The van der Waals surface area contributed by atoms with Gasteiger partial charge in [-0.05, 0) is 45.6 Å². The second kappa shape index (κ2) is 9.27. The average molecular weight is 446 g/mol. The lowest BCUT2D eigenvalue weighted by Crippen LogP contribution is -2.44. The van der Waals surface area contributed by atoms with Gasteiger partial charge >= 0.3 is 0 Å². The van der Waals surface area contributed by atoms with E-state index in [-0.39, 0.29) is 5.41 Å². The normalized spacial score (nSPS) is 11.8. The number of halogens is 1. The summed E-state index contributed by atoms with van der Waals surface area (Å²) in [6.45, 7) is 7.14. The van der Waals surface area contributed by atoms with Crippen molar-refractivity contribution in [3.63, 3.8) is 0 Å². The standard InChI is InChI=1S/C27H28ClNOSi/c1-27(2,3)26-23(25(17-16-24(26)28)29-18-10-11-19-29)20-30-31(21-12-6-4-7-13-21)22-14-8-5-9-15-22/h4-19,31H,20H2,1-3H3. The van der Waals surface area contributed by atoms with Gasteiger partial charge in [0.2, 0.25) is 9.04 Å². The maximum atomic E-state index is 6.80. The average Bonchev–Trinajstić information content (AvgIpc) is 3.29. The fourth-order valence-electron chi connectivity index (χ4n) is 4.11. The van der Waals surface area contributed by atoms with Gasteiger partial charge in [0, 0.05) is 23.0 Å². The Morgan fingerprint density at radius 3 is 1.84 bits per heavy atom. The van der Waals surface area contributed by atoms with Gasteiger partial charge in [0.05, 0.1) is 12.3 Å². The molecule has 0 fully saturated rings. The van der Waals surface area contributed by atoms with E-state index in [2.05, 4.69) is 104 Å². The summed E-state index contributed by atoms with van der Waals surface area (Å²) >= 11 is 6.74. The van der Waals surface area contributed by atoms with E-state index in [0.717, 1.165) is 21.8 Å². The van der Waals surface area contributed by atoms with E-state index < -0.39 is 9.04 Å². The van der Waals surface area contributed by atoms with Crippen LogP contribution in [0, 0.1) is 0 Å². The molecule has 0 amide bonds. The molecule has 31 heavy (non-hydrogen) atoms. The number of aromatic nitrogens is 1. The molecule has 2 nitrogen and oxygen atoms in total. The Balaban J connectivity index is 1.78. The van der Waals surface area contributed by atoms with Crippen LogP contribution in [0.1, 0.15) is 31.9 Å². The lowest BCUT2D eigenvalue weighted by molar-refractivity contribution is 0.317. The van der Waals surface area contributed by atoms with Crippen LogP contribution in [-0.4, -0.2) is 13.6 Å². The van der Waals surface area contributed by atoms with Gasteiger partial charge in [0.25, 0.3) is 0 Å². The molecule has 0 radical (unpaired) electrons. The molecule has 4 rings (SSSR count). The molecule has 158 valence electrons. The molecule has 0 N–H and O–H groups in total. The van der Waals surface area contributed by atoms with E-state index in [4.69, 9.17) is 16.0 Å². The number of rotatable bonds is 6. The Bertz CT molecular complexity index is 1080. The minimum Gasteiger partial charge on any atom is -0.407 e. The van der Waals surface area contributed by atoms with Gasteiger partial charge in [-0.2, -0.15) is 0 Å². The molecule has 0 aliphatic rings. The third kappa shape index (κ3) is 4.85. The van der Waals surface area contributed by atoms with E-state index in [0.29, 0.717) is 6.61 Å². The van der Waals surface area contributed by atoms with Crippen molar-refractivity contribution in [3.8, 4) is 5.69 Å². The molecule has 3 aromatic carbocycles. The Kier molecular flexibility index (Phi) is 6.47. The summed E-state index contributed by atoms with van der Waals surface area (Å²) in [4.78, 5) is 0. The number of hydrogen-bond donors (Lipinski definition) is 0.